The normalized spacial score (nSPS) is 11.6. The number of benzene rings is 2. The summed E-state index contributed by atoms with van der Waals surface area (Å²) in [6.45, 7) is 6.30. The van der Waals surface area contributed by atoms with E-state index in [1.807, 2.05) is 26.8 Å². The third-order valence-corrected chi connectivity index (χ3v) is 4.64. The lowest BCUT2D eigenvalue weighted by molar-refractivity contribution is 0.142. The van der Waals surface area contributed by atoms with Crippen molar-refractivity contribution in [3.05, 3.63) is 60.1 Å². The van der Waals surface area contributed by atoms with E-state index in [1.165, 1.54) is 12.1 Å². The molecule has 0 aliphatic heterocycles. The van der Waals surface area contributed by atoms with Gasteiger partial charge in [0.2, 0.25) is 5.82 Å². The SMILES string of the molecule is CCCO/N=C(\COc1cc(OC(C)C)cc(-c2nn[nH]n2)c1)c1cc(-c2ccc(F)cc2)no1. The highest BCUT2D eigenvalue weighted by Crippen LogP contribution is 2.29. The smallest absolute Gasteiger partial charge is 0.204 e. The molecule has 0 amide bonds. The van der Waals surface area contributed by atoms with Gasteiger partial charge < -0.3 is 18.8 Å². The van der Waals surface area contributed by atoms with Crippen molar-refractivity contribution in [1.82, 2.24) is 25.8 Å². The van der Waals surface area contributed by atoms with Gasteiger partial charge in [0, 0.05) is 23.3 Å². The molecule has 0 spiro atoms. The zero-order valence-electron chi connectivity index (χ0n) is 19.6. The fraction of sp³-hybridized carbons (Fsp3) is 0.292. The number of nitrogens with one attached hydrogen (secondary N) is 1. The Balaban J connectivity index is 1.57. The van der Waals surface area contributed by atoms with Gasteiger partial charge in [0.15, 0.2) is 11.5 Å². The third kappa shape index (κ3) is 6.40. The molecule has 2 heterocycles. The first-order chi connectivity index (χ1) is 17.0. The molecule has 11 heteroatoms. The second kappa shape index (κ2) is 11.2. The van der Waals surface area contributed by atoms with Crippen molar-refractivity contribution in [1.29, 1.82) is 0 Å². The molecular weight excluding hydrogens is 455 g/mol. The summed E-state index contributed by atoms with van der Waals surface area (Å²) in [5.74, 6) is 1.54. The van der Waals surface area contributed by atoms with E-state index < -0.39 is 0 Å². The van der Waals surface area contributed by atoms with Gasteiger partial charge in [0.05, 0.1) is 6.10 Å². The second-order valence-corrected chi connectivity index (χ2v) is 7.84. The van der Waals surface area contributed by atoms with Crippen LogP contribution in [0.1, 0.15) is 33.0 Å². The molecule has 2 aromatic carbocycles. The highest BCUT2D eigenvalue weighted by Gasteiger charge is 2.16. The molecule has 0 fully saturated rings. The van der Waals surface area contributed by atoms with Crippen LogP contribution in [0.5, 0.6) is 11.5 Å². The first-order valence-corrected chi connectivity index (χ1v) is 11.1. The fourth-order valence-corrected chi connectivity index (χ4v) is 3.09. The number of hydrogen-bond acceptors (Lipinski definition) is 9. The number of hydrogen-bond donors (Lipinski definition) is 1. The van der Waals surface area contributed by atoms with Crippen LogP contribution in [0.3, 0.4) is 0 Å². The maximum atomic E-state index is 13.3. The van der Waals surface area contributed by atoms with Crippen LogP contribution in [0, 0.1) is 5.82 Å². The number of ether oxygens (including phenoxy) is 2. The molecule has 0 saturated heterocycles. The third-order valence-electron chi connectivity index (χ3n) is 4.64. The van der Waals surface area contributed by atoms with Gasteiger partial charge >= 0.3 is 0 Å². The fourth-order valence-electron chi connectivity index (χ4n) is 3.09. The molecule has 0 atom stereocenters. The Morgan fingerprint density at radius 2 is 1.89 bits per heavy atom. The van der Waals surface area contributed by atoms with Crippen LogP contribution < -0.4 is 9.47 Å². The lowest BCUT2D eigenvalue weighted by Gasteiger charge is -2.13. The van der Waals surface area contributed by atoms with Crippen molar-refractivity contribution in [2.75, 3.05) is 13.2 Å². The van der Waals surface area contributed by atoms with Crippen molar-refractivity contribution in [3.63, 3.8) is 0 Å². The highest BCUT2D eigenvalue weighted by atomic mass is 19.1. The molecule has 0 unspecified atom stereocenters. The quantitative estimate of drug-likeness (QED) is 0.187. The van der Waals surface area contributed by atoms with E-state index in [0.29, 0.717) is 52.2 Å². The van der Waals surface area contributed by atoms with E-state index in [-0.39, 0.29) is 18.5 Å². The summed E-state index contributed by atoms with van der Waals surface area (Å²) in [4.78, 5) is 5.39. The zero-order valence-corrected chi connectivity index (χ0v) is 19.6. The van der Waals surface area contributed by atoms with Crippen LogP contribution in [0.4, 0.5) is 4.39 Å². The average Bonchev–Trinajstić information content (AvgIpc) is 3.54. The number of oxime groups is 1. The molecule has 1 N–H and O–H groups in total. The van der Waals surface area contributed by atoms with Crippen LogP contribution in [-0.4, -0.2) is 50.8 Å². The predicted molar refractivity (Wildman–Crippen MR) is 126 cm³/mol. The maximum absolute atomic E-state index is 13.3. The Labute approximate surface area is 201 Å². The van der Waals surface area contributed by atoms with Crippen LogP contribution in [-0.2, 0) is 4.84 Å². The van der Waals surface area contributed by atoms with Crippen molar-refractivity contribution in [2.24, 2.45) is 5.16 Å². The first kappa shape index (κ1) is 23.9. The van der Waals surface area contributed by atoms with Crippen molar-refractivity contribution in [3.8, 4) is 34.1 Å². The van der Waals surface area contributed by atoms with Crippen LogP contribution in [0.25, 0.3) is 22.6 Å². The molecule has 0 aliphatic rings. The Bertz CT molecular complexity index is 1260. The van der Waals surface area contributed by atoms with E-state index in [1.54, 1.807) is 30.3 Å². The minimum absolute atomic E-state index is 0.0264. The van der Waals surface area contributed by atoms with E-state index in [4.69, 9.17) is 18.8 Å². The number of H-pyrrole nitrogens is 1. The van der Waals surface area contributed by atoms with Gasteiger partial charge in [-0.1, -0.05) is 17.2 Å². The van der Waals surface area contributed by atoms with Crippen LogP contribution in [0.2, 0.25) is 0 Å². The topological polar surface area (TPSA) is 121 Å². The monoisotopic (exact) mass is 480 g/mol. The minimum Gasteiger partial charge on any atom is -0.491 e. The van der Waals surface area contributed by atoms with E-state index in [9.17, 15) is 4.39 Å². The molecule has 4 rings (SSSR count). The van der Waals surface area contributed by atoms with Gasteiger partial charge in [-0.05, 0) is 61.9 Å². The minimum atomic E-state index is -0.329. The standard InChI is InChI=1S/C24H25FN6O4/c1-4-9-33-28-22(23-13-21(29-35-23)16-5-7-18(25)8-6-16)14-32-19-10-17(24-26-30-31-27-24)11-20(12-19)34-15(2)3/h5-8,10-13,15H,4,9,14H2,1-3H3,(H,26,27,30,31)/b28-22+. The lowest BCUT2D eigenvalue weighted by Crippen LogP contribution is -2.14. The first-order valence-electron chi connectivity index (χ1n) is 11.1. The highest BCUT2D eigenvalue weighted by molar-refractivity contribution is 5.99. The van der Waals surface area contributed by atoms with Crippen LogP contribution in [0.15, 0.2) is 58.2 Å². The molecule has 4 aromatic rings. The lowest BCUT2D eigenvalue weighted by atomic mass is 10.1. The molecule has 10 nitrogen and oxygen atoms in total. The zero-order chi connectivity index (χ0) is 24.6. The summed E-state index contributed by atoms with van der Waals surface area (Å²) < 4.78 is 30.6. The van der Waals surface area contributed by atoms with Gasteiger partial charge in [0.25, 0.3) is 0 Å². The van der Waals surface area contributed by atoms with Crippen molar-refractivity contribution >= 4 is 5.71 Å². The number of aromatic nitrogens is 5. The number of rotatable bonds is 11. The van der Waals surface area contributed by atoms with Gasteiger partial charge in [-0.2, -0.15) is 5.21 Å². The van der Waals surface area contributed by atoms with E-state index in [0.717, 1.165) is 6.42 Å². The number of halogens is 1. The van der Waals surface area contributed by atoms with Gasteiger partial charge in [0.1, 0.15) is 36.2 Å². The summed E-state index contributed by atoms with van der Waals surface area (Å²) >= 11 is 0. The Morgan fingerprint density at radius 3 is 2.60 bits per heavy atom. The van der Waals surface area contributed by atoms with E-state index >= 15 is 0 Å². The number of tetrazole rings is 1. The van der Waals surface area contributed by atoms with Gasteiger partial charge in [-0.25, -0.2) is 4.39 Å². The molecule has 182 valence electrons. The maximum Gasteiger partial charge on any atom is 0.204 e. The molecule has 0 radical (unpaired) electrons. The molecular formula is C24H25FN6O4. The Hall–Kier alpha value is -4.28. The largest absolute Gasteiger partial charge is 0.491 e. The predicted octanol–water partition coefficient (Wildman–Crippen LogP) is 4.66. The molecule has 35 heavy (non-hydrogen) atoms. The summed E-state index contributed by atoms with van der Waals surface area (Å²) in [5, 5.41) is 22.4. The van der Waals surface area contributed by atoms with E-state index in [2.05, 4.69) is 30.9 Å². The number of aromatic amines is 1. The Kier molecular flexibility index (Phi) is 7.66. The van der Waals surface area contributed by atoms with Crippen molar-refractivity contribution in [2.45, 2.75) is 33.3 Å². The summed E-state index contributed by atoms with van der Waals surface area (Å²) in [7, 11) is 0. The van der Waals surface area contributed by atoms with Crippen LogP contribution >= 0.6 is 0 Å². The summed E-state index contributed by atoms with van der Waals surface area (Å²) in [6.07, 6.45) is 0.749. The number of nitrogens with zero attached hydrogens (tertiary/aromatic N) is 5. The Morgan fingerprint density at radius 1 is 1.09 bits per heavy atom. The molecule has 0 aliphatic carbocycles. The van der Waals surface area contributed by atoms with Gasteiger partial charge in [-0.15, -0.1) is 10.2 Å². The molecule has 0 saturated carbocycles. The van der Waals surface area contributed by atoms with Gasteiger partial charge in [-0.3, -0.25) is 0 Å². The molecule has 2 aromatic heterocycles. The summed E-state index contributed by atoms with van der Waals surface area (Å²) in [5.41, 5.74) is 2.32. The molecule has 0 bridgehead atoms. The second-order valence-electron chi connectivity index (χ2n) is 7.84. The summed E-state index contributed by atoms with van der Waals surface area (Å²) in [6, 6.07) is 13.0. The van der Waals surface area contributed by atoms with Crippen molar-refractivity contribution < 1.29 is 23.2 Å². The average molecular weight is 481 g/mol.